The molecular formula is C23H24BrFN2O3. The molecule has 2 atom stereocenters. The molecule has 30 heavy (non-hydrogen) atoms. The van der Waals surface area contributed by atoms with Gasteiger partial charge in [-0.05, 0) is 59.6 Å². The average molecular weight is 475 g/mol. The third kappa shape index (κ3) is 4.09. The summed E-state index contributed by atoms with van der Waals surface area (Å²) in [5.74, 6) is 0.650. The molecule has 0 radical (unpaired) electrons. The van der Waals surface area contributed by atoms with E-state index in [2.05, 4.69) is 27.8 Å². The largest absolute Gasteiger partial charge is 0.495 e. The third-order valence-electron chi connectivity index (χ3n) is 5.68. The molecule has 2 unspecified atom stereocenters. The molecule has 1 aliphatic rings. The number of fused-ring (bicyclic) bond motifs is 1. The maximum atomic E-state index is 13.2. The van der Waals surface area contributed by atoms with Gasteiger partial charge in [-0.3, -0.25) is 9.69 Å². The highest BCUT2D eigenvalue weighted by Crippen LogP contribution is 2.32. The lowest BCUT2D eigenvalue weighted by Crippen LogP contribution is -2.57. The monoisotopic (exact) mass is 474 g/mol. The van der Waals surface area contributed by atoms with Gasteiger partial charge in [0.2, 0.25) is 0 Å². The lowest BCUT2D eigenvalue weighted by molar-refractivity contribution is 0.0269. The van der Waals surface area contributed by atoms with Crippen LogP contribution in [0.15, 0.2) is 51.4 Å². The Bertz CT molecular complexity index is 1070. The van der Waals surface area contributed by atoms with Gasteiger partial charge in [-0.1, -0.05) is 12.1 Å². The molecule has 1 aliphatic heterocycles. The zero-order valence-electron chi connectivity index (χ0n) is 17.2. The van der Waals surface area contributed by atoms with Crippen LogP contribution < -0.4 is 4.74 Å². The van der Waals surface area contributed by atoms with E-state index in [9.17, 15) is 9.18 Å². The van der Waals surface area contributed by atoms with Crippen molar-refractivity contribution in [1.29, 1.82) is 0 Å². The molecule has 2 heterocycles. The average Bonchev–Trinajstić information content (AvgIpc) is 3.13. The van der Waals surface area contributed by atoms with Gasteiger partial charge in [0, 0.05) is 43.2 Å². The maximum Gasteiger partial charge on any atom is 0.289 e. The highest BCUT2D eigenvalue weighted by atomic mass is 79.9. The zero-order chi connectivity index (χ0) is 21.4. The summed E-state index contributed by atoms with van der Waals surface area (Å²) in [6.45, 7) is 6.22. The van der Waals surface area contributed by atoms with Crippen molar-refractivity contribution in [2.24, 2.45) is 0 Å². The molecule has 0 aliphatic carbocycles. The second kappa shape index (κ2) is 8.40. The number of halogens is 2. The number of nitrogens with zero attached hydrogens (tertiary/aromatic N) is 2. The van der Waals surface area contributed by atoms with E-state index in [1.165, 1.54) is 12.1 Å². The van der Waals surface area contributed by atoms with Gasteiger partial charge in [-0.25, -0.2) is 4.39 Å². The standard InChI is InChI=1S/C23H24BrFN2O3/c1-14-12-27(15(2)11-26(14)13-16-4-6-18(25)7-5-16)23(28)22-9-17-8-19(24)21(29-3)10-20(17)30-22/h4-10,14-15H,11-13H2,1-3H3. The SMILES string of the molecule is COc1cc2oc(C(=O)N3CC(C)N(Cc4ccc(F)cc4)CC3C)cc2cc1Br. The van der Waals surface area contributed by atoms with Crippen molar-refractivity contribution in [3.05, 3.63) is 64.1 Å². The van der Waals surface area contributed by atoms with Crippen LogP contribution >= 0.6 is 15.9 Å². The Balaban J connectivity index is 1.50. The number of carbonyl (C=O) groups is 1. The second-order valence-corrected chi connectivity index (χ2v) is 8.70. The van der Waals surface area contributed by atoms with E-state index in [1.807, 2.05) is 30.0 Å². The Morgan fingerprint density at radius 1 is 1.17 bits per heavy atom. The van der Waals surface area contributed by atoms with Crippen molar-refractivity contribution >= 4 is 32.8 Å². The molecule has 2 aromatic carbocycles. The van der Waals surface area contributed by atoms with Gasteiger partial charge >= 0.3 is 0 Å². The number of ether oxygens (including phenoxy) is 1. The minimum atomic E-state index is -0.230. The van der Waals surface area contributed by atoms with Crippen molar-refractivity contribution in [1.82, 2.24) is 9.80 Å². The molecular weight excluding hydrogens is 451 g/mol. The maximum absolute atomic E-state index is 13.2. The van der Waals surface area contributed by atoms with Crippen LogP contribution in [-0.2, 0) is 6.54 Å². The first-order valence-corrected chi connectivity index (χ1v) is 10.7. The van der Waals surface area contributed by atoms with Gasteiger partial charge in [0.05, 0.1) is 11.6 Å². The number of methoxy groups -OCH3 is 1. The number of piperazine rings is 1. The van der Waals surface area contributed by atoms with Crippen LogP contribution in [0.1, 0.15) is 30.0 Å². The Hall–Kier alpha value is -2.38. The molecule has 1 aromatic heterocycles. The first-order chi connectivity index (χ1) is 14.4. The van der Waals surface area contributed by atoms with E-state index in [1.54, 1.807) is 19.2 Å². The molecule has 4 rings (SSSR count). The number of furan rings is 1. The van der Waals surface area contributed by atoms with Crippen molar-refractivity contribution in [3.63, 3.8) is 0 Å². The fourth-order valence-electron chi connectivity index (χ4n) is 3.97. The van der Waals surface area contributed by atoms with Gasteiger partial charge in [-0.15, -0.1) is 0 Å². The van der Waals surface area contributed by atoms with E-state index in [0.29, 0.717) is 23.6 Å². The first kappa shape index (κ1) is 20.9. The Kier molecular flexibility index (Phi) is 5.84. The molecule has 1 fully saturated rings. The van der Waals surface area contributed by atoms with Crippen LogP contribution in [0.3, 0.4) is 0 Å². The molecule has 0 N–H and O–H groups in total. The summed E-state index contributed by atoms with van der Waals surface area (Å²) in [4.78, 5) is 17.4. The van der Waals surface area contributed by atoms with E-state index < -0.39 is 0 Å². The van der Waals surface area contributed by atoms with Crippen LogP contribution in [-0.4, -0.2) is 48.0 Å². The highest BCUT2D eigenvalue weighted by molar-refractivity contribution is 9.10. The topological polar surface area (TPSA) is 45.9 Å². The molecule has 1 saturated heterocycles. The number of carbonyl (C=O) groups excluding carboxylic acids is 1. The van der Waals surface area contributed by atoms with Crippen molar-refractivity contribution in [2.45, 2.75) is 32.5 Å². The third-order valence-corrected chi connectivity index (χ3v) is 6.30. The highest BCUT2D eigenvalue weighted by Gasteiger charge is 2.33. The summed E-state index contributed by atoms with van der Waals surface area (Å²) in [5, 5.41) is 0.849. The minimum Gasteiger partial charge on any atom is -0.495 e. The molecule has 0 saturated carbocycles. The van der Waals surface area contributed by atoms with Crippen LogP contribution in [0, 0.1) is 5.82 Å². The fraction of sp³-hybridized carbons (Fsp3) is 0.348. The van der Waals surface area contributed by atoms with Gasteiger partial charge in [0.1, 0.15) is 17.1 Å². The summed E-state index contributed by atoms with van der Waals surface area (Å²) in [6, 6.07) is 12.2. The van der Waals surface area contributed by atoms with Gasteiger partial charge in [0.15, 0.2) is 5.76 Å². The number of hydrogen-bond acceptors (Lipinski definition) is 4. The second-order valence-electron chi connectivity index (χ2n) is 7.85. The van der Waals surface area contributed by atoms with Crippen LogP contribution in [0.5, 0.6) is 5.75 Å². The van der Waals surface area contributed by atoms with Gasteiger partial charge < -0.3 is 14.1 Å². The Morgan fingerprint density at radius 3 is 2.60 bits per heavy atom. The summed E-state index contributed by atoms with van der Waals surface area (Å²) in [5.41, 5.74) is 1.68. The van der Waals surface area contributed by atoms with E-state index >= 15 is 0 Å². The fourth-order valence-corrected chi connectivity index (χ4v) is 4.49. The van der Waals surface area contributed by atoms with E-state index in [-0.39, 0.29) is 23.8 Å². The molecule has 7 heteroatoms. The molecule has 0 bridgehead atoms. The number of hydrogen-bond donors (Lipinski definition) is 0. The molecule has 0 spiro atoms. The minimum absolute atomic E-state index is 0.0311. The quantitative estimate of drug-likeness (QED) is 0.528. The summed E-state index contributed by atoms with van der Waals surface area (Å²) in [7, 11) is 1.59. The lowest BCUT2D eigenvalue weighted by atomic mass is 10.1. The number of amides is 1. The zero-order valence-corrected chi connectivity index (χ0v) is 18.8. The predicted octanol–water partition coefficient (Wildman–Crippen LogP) is 5.08. The van der Waals surface area contributed by atoms with E-state index in [0.717, 1.165) is 28.5 Å². The van der Waals surface area contributed by atoms with Crippen LogP contribution in [0.2, 0.25) is 0 Å². The molecule has 1 amide bonds. The Morgan fingerprint density at radius 2 is 1.90 bits per heavy atom. The van der Waals surface area contributed by atoms with E-state index in [4.69, 9.17) is 9.15 Å². The summed E-state index contributed by atoms with van der Waals surface area (Å²) in [6.07, 6.45) is 0. The molecule has 158 valence electrons. The summed E-state index contributed by atoms with van der Waals surface area (Å²) >= 11 is 3.47. The van der Waals surface area contributed by atoms with Crippen LogP contribution in [0.4, 0.5) is 4.39 Å². The van der Waals surface area contributed by atoms with Crippen molar-refractivity contribution < 1.29 is 18.3 Å². The number of benzene rings is 2. The lowest BCUT2D eigenvalue weighted by Gasteiger charge is -2.43. The van der Waals surface area contributed by atoms with Crippen LogP contribution in [0.25, 0.3) is 11.0 Å². The van der Waals surface area contributed by atoms with Gasteiger partial charge in [-0.2, -0.15) is 0 Å². The Labute approximate surface area is 183 Å². The predicted molar refractivity (Wildman–Crippen MR) is 117 cm³/mol. The van der Waals surface area contributed by atoms with Crippen molar-refractivity contribution in [2.75, 3.05) is 20.2 Å². The van der Waals surface area contributed by atoms with Crippen molar-refractivity contribution in [3.8, 4) is 5.75 Å². The number of rotatable bonds is 4. The van der Waals surface area contributed by atoms with Gasteiger partial charge in [0.25, 0.3) is 5.91 Å². The smallest absolute Gasteiger partial charge is 0.289 e. The molecule has 3 aromatic rings. The molecule has 5 nitrogen and oxygen atoms in total. The normalized spacial score (nSPS) is 20.0. The summed E-state index contributed by atoms with van der Waals surface area (Å²) < 4.78 is 25.1. The first-order valence-electron chi connectivity index (χ1n) is 9.92.